The molecule has 3 aromatic rings. The van der Waals surface area contributed by atoms with Gasteiger partial charge in [-0.2, -0.15) is 0 Å². The van der Waals surface area contributed by atoms with E-state index in [1.54, 1.807) is 12.4 Å². The van der Waals surface area contributed by atoms with Crippen LogP contribution in [0.25, 0.3) is 22.6 Å². The third-order valence-corrected chi connectivity index (χ3v) is 4.27. The molecule has 0 amide bonds. The zero-order chi connectivity index (χ0) is 16.6. The van der Waals surface area contributed by atoms with Crippen molar-refractivity contribution in [2.24, 2.45) is 10.9 Å². The molecule has 0 saturated carbocycles. The van der Waals surface area contributed by atoms with E-state index in [9.17, 15) is 0 Å². The number of pyridine rings is 1. The maximum atomic E-state index is 5.83. The molecule has 0 radical (unpaired) electrons. The number of nitrogens with one attached hydrogen (secondary N) is 1. The number of allylic oxidation sites excluding steroid dienone is 4. The summed E-state index contributed by atoms with van der Waals surface area (Å²) in [4.78, 5) is 13.1. The van der Waals surface area contributed by atoms with E-state index in [2.05, 4.69) is 26.4 Å². The van der Waals surface area contributed by atoms with Crippen molar-refractivity contribution in [2.75, 3.05) is 5.32 Å². The van der Waals surface area contributed by atoms with Crippen molar-refractivity contribution in [3.63, 3.8) is 0 Å². The van der Waals surface area contributed by atoms with Crippen LogP contribution in [0.3, 0.4) is 0 Å². The molecule has 0 saturated heterocycles. The molecule has 2 aromatic heterocycles. The molecule has 1 aliphatic carbocycles. The Balaban J connectivity index is 1.44. The Kier molecular flexibility index (Phi) is 3.10. The molecule has 0 spiro atoms. The first-order chi connectivity index (χ1) is 12.4. The minimum absolute atomic E-state index is 0.198. The first-order valence-corrected chi connectivity index (χ1v) is 8.07. The van der Waals surface area contributed by atoms with Gasteiger partial charge in [-0.25, -0.2) is 4.98 Å². The number of anilines is 1. The maximum absolute atomic E-state index is 5.83. The number of rotatable bonds is 3. The van der Waals surface area contributed by atoms with Gasteiger partial charge in [0.1, 0.15) is 5.52 Å². The van der Waals surface area contributed by atoms with Crippen molar-refractivity contribution in [1.29, 1.82) is 0 Å². The summed E-state index contributed by atoms with van der Waals surface area (Å²) in [5.74, 6) is 0.773. The monoisotopic (exact) mass is 326 g/mol. The quantitative estimate of drug-likeness (QED) is 0.777. The van der Waals surface area contributed by atoms with E-state index in [0.29, 0.717) is 5.89 Å². The van der Waals surface area contributed by atoms with Crippen molar-refractivity contribution < 1.29 is 4.42 Å². The predicted octanol–water partition coefficient (Wildman–Crippen LogP) is 4.34. The number of fused-ring (bicyclic) bond motifs is 2. The van der Waals surface area contributed by atoms with Gasteiger partial charge in [0, 0.05) is 30.0 Å². The fraction of sp³-hybridized carbons (Fsp3) is 0.0500. The molecule has 1 unspecified atom stereocenters. The van der Waals surface area contributed by atoms with Gasteiger partial charge in [-0.1, -0.05) is 18.2 Å². The van der Waals surface area contributed by atoms with Gasteiger partial charge in [-0.3, -0.25) is 9.98 Å². The molecular formula is C20H14N4O. The Bertz CT molecular complexity index is 1070. The fourth-order valence-electron chi connectivity index (χ4n) is 3.04. The molecular weight excluding hydrogens is 312 g/mol. The molecule has 1 aliphatic heterocycles. The Morgan fingerprint density at radius 1 is 1.12 bits per heavy atom. The van der Waals surface area contributed by atoms with Gasteiger partial charge < -0.3 is 9.73 Å². The Hall–Kier alpha value is -3.47. The van der Waals surface area contributed by atoms with Crippen LogP contribution < -0.4 is 5.32 Å². The molecule has 25 heavy (non-hydrogen) atoms. The molecule has 1 aromatic carbocycles. The van der Waals surface area contributed by atoms with Crippen molar-refractivity contribution in [3.8, 4) is 11.5 Å². The predicted molar refractivity (Wildman–Crippen MR) is 98.2 cm³/mol. The molecule has 1 N–H and O–H groups in total. The van der Waals surface area contributed by atoms with E-state index in [-0.39, 0.29) is 5.92 Å². The van der Waals surface area contributed by atoms with Crippen LogP contribution in [0, 0.1) is 5.92 Å². The van der Waals surface area contributed by atoms with E-state index in [1.165, 1.54) is 0 Å². The lowest BCUT2D eigenvalue weighted by atomic mass is 9.97. The zero-order valence-corrected chi connectivity index (χ0v) is 13.3. The van der Waals surface area contributed by atoms with E-state index >= 15 is 0 Å². The number of nitrogens with zero attached hydrogens (tertiary/aromatic N) is 3. The Morgan fingerprint density at radius 2 is 2.12 bits per heavy atom. The molecule has 5 rings (SSSR count). The molecule has 120 valence electrons. The average molecular weight is 326 g/mol. The number of benzene rings is 1. The van der Waals surface area contributed by atoms with Gasteiger partial charge in [-0.05, 0) is 36.4 Å². The third-order valence-electron chi connectivity index (χ3n) is 4.27. The molecule has 5 nitrogen and oxygen atoms in total. The lowest BCUT2D eigenvalue weighted by Crippen LogP contribution is -2.15. The minimum atomic E-state index is 0.198. The molecule has 3 heterocycles. The standard InChI is InChI=1S/C20H14N4O/c1-2-6-16-15(5-1)18(12-22-16)23-14-7-8-19-17(10-14)24-20(25-19)13-4-3-9-21-11-13/h1-12,15,23H. The zero-order valence-electron chi connectivity index (χ0n) is 13.3. The second-order valence-corrected chi connectivity index (χ2v) is 5.93. The van der Waals surface area contributed by atoms with E-state index in [0.717, 1.165) is 33.8 Å². The highest BCUT2D eigenvalue weighted by molar-refractivity contribution is 6.03. The van der Waals surface area contributed by atoms with Gasteiger partial charge in [0.15, 0.2) is 5.58 Å². The van der Waals surface area contributed by atoms with Gasteiger partial charge in [0.25, 0.3) is 0 Å². The average Bonchev–Trinajstić information content (AvgIpc) is 3.27. The summed E-state index contributed by atoms with van der Waals surface area (Å²) in [5.41, 5.74) is 5.51. The molecule has 2 aliphatic rings. The van der Waals surface area contributed by atoms with Crippen LogP contribution in [0.1, 0.15) is 0 Å². The van der Waals surface area contributed by atoms with Gasteiger partial charge in [-0.15, -0.1) is 0 Å². The number of hydrogen-bond acceptors (Lipinski definition) is 5. The summed E-state index contributed by atoms with van der Waals surface area (Å²) in [6, 6.07) is 9.70. The fourth-order valence-corrected chi connectivity index (χ4v) is 3.04. The first kappa shape index (κ1) is 13.9. The van der Waals surface area contributed by atoms with Crippen molar-refractivity contribution >= 4 is 22.5 Å². The van der Waals surface area contributed by atoms with Gasteiger partial charge in [0.05, 0.1) is 17.2 Å². The third kappa shape index (κ3) is 2.46. The normalized spacial score (nSPS) is 18.2. The maximum Gasteiger partial charge on any atom is 0.228 e. The van der Waals surface area contributed by atoms with Crippen LogP contribution in [-0.4, -0.2) is 15.7 Å². The lowest BCUT2D eigenvalue weighted by Gasteiger charge is -2.15. The summed E-state index contributed by atoms with van der Waals surface area (Å²) >= 11 is 0. The lowest BCUT2D eigenvalue weighted by molar-refractivity contribution is 0.619. The molecule has 5 heteroatoms. The van der Waals surface area contributed by atoms with Crippen LogP contribution in [-0.2, 0) is 0 Å². The number of hydrogen-bond donors (Lipinski definition) is 1. The van der Waals surface area contributed by atoms with Gasteiger partial charge in [0.2, 0.25) is 5.89 Å². The molecule has 1 atom stereocenters. The van der Waals surface area contributed by atoms with Crippen LogP contribution in [0.15, 0.2) is 88.3 Å². The summed E-state index contributed by atoms with van der Waals surface area (Å²) < 4.78 is 5.83. The van der Waals surface area contributed by atoms with Crippen molar-refractivity contribution in [1.82, 2.24) is 9.97 Å². The molecule has 0 bridgehead atoms. The van der Waals surface area contributed by atoms with Crippen LogP contribution in [0.2, 0.25) is 0 Å². The second kappa shape index (κ2) is 5.56. The highest BCUT2D eigenvalue weighted by Crippen LogP contribution is 2.29. The number of oxazole rings is 1. The Morgan fingerprint density at radius 3 is 3.04 bits per heavy atom. The van der Waals surface area contributed by atoms with E-state index < -0.39 is 0 Å². The molecule has 0 fully saturated rings. The van der Waals surface area contributed by atoms with E-state index in [1.807, 2.05) is 54.8 Å². The minimum Gasteiger partial charge on any atom is -0.436 e. The second-order valence-electron chi connectivity index (χ2n) is 5.93. The van der Waals surface area contributed by atoms with E-state index in [4.69, 9.17) is 4.42 Å². The Labute approximate surface area is 144 Å². The largest absolute Gasteiger partial charge is 0.436 e. The van der Waals surface area contributed by atoms with Crippen LogP contribution in [0.4, 0.5) is 5.69 Å². The SMILES string of the molecule is C1=CC2=NC=C(Nc3ccc4oc(-c5cccnc5)nc4c3)C2C=C1. The van der Waals surface area contributed by atoms with Crippen molar-refractivity contribution in [3.05, 3.63) is 78.9 Å². The summed E-state index contributed by atoms with van der Waals surface area (Å²) in [6.07, 6.45) is 13.6. The summed E-state index contributed by atoms with van der Waals surface area (Å²) in [6.45, 7) is 0. The number of aliphatic imine (C=N–C) groups is 1. The first-order valence-electron chi connectivity index (χ1n) is 8.07. The smallest absolute Gasteiger partial charge is 0.228 e. The number of aromatic nitrogens is 2. The highest BCUT2D eigenvalue weighted by atomic mass is 16.3. The summed E-state index contributed by atoms with van der Waals surface area (Å²) in [5, 5.41) is 3.45. The van der Waals surface area contributed by atoms with Gasteiger partial charge >= 0.3 is 0 Å². The topological polar surface area (TPSA) is 63.3 Å². The van der Waals surface area contributed by atoms with Crippen molar-refractivity contribution in [2.45, 2.75) is 0 Å². The highest BCUT2D eigenvalue weighted by Gasteiger charge is 2.22. The van der Waals surface area contributed by atoms with Crippen LogP contribution >= 0.6 is 0 Å². The van der Waals surface area contributed by atoms with Crippen LogP contribution in [0.5, 0.6) is 0 Å². The summed E-state index contributed by atoms with van der Waals surface area (Å²) in [7, 11) is 0.